The lowest BCUT2D eigenvalue weighted by Crippen LogP contribution is -2.41. The molecule has 1 unspecified atom stereocenters. The van der Waals surface area contributed by atoms with E-state index in [1.165, 1.54) is 36.9 Å². The number of halogens is 2. The topological polar surface area (TPSA) is 44.9 Å². The first-order valence-electron chi connectivity index (χ1n) is 8.69. The van der Waals surface area contributed by atoms with Gasteiger partial charge in [0, 0.05) is 43.4 Å². The Bertz CT molecular complexity index is 572. The number of nitrogens with two attached hydrogens (primary N) is 1. The van der Waals surface area contributed by atoms with Gasteiger partial charge >= 0.3 is 0 Å². The Morgan fingerprint density at radius 1 is 1.25 bits per heavy atom. The van der Waals surface area contributed by atoms with Crippen LogP contribution in [0.2, 0.25) is 5.02 Å². The molecule has 2 aliphatic heterocycles. The van der Waals surface area contributed by atoms with Gasteiger partial charge in [-0.1, -0.05) is 17.7 Å². The van der Waals surface area contributed by atoms with E-state index < -0.39 is 0 Å². The molecule has 2 saturated heterocycles. The number of rotatable bonds is 3. The second kappa shape index (κ2) is 9.13. The van der Waals surface area contributed by atoms with Crippen LogP contribution in [0.3, 0.4) is 0 Å². The number of hydrogen-bond donors (Lipinski definition) is 1. The Morgan fingerprint density at radius 2 is 2.00 bits per heavy atom. The van der Waals surface area contributed by atoms with Crippen molar-refractivity contribution in [1.29, 1.82) is 0 Å². The lowest BCUT2D eigenvalue weighted by atomic mass is 10.1. The number of hydrogen-bond acceptors (Lipinski definition) is 2. The van der Waals surface area contributed by atoms with E-state index in [1.807, 2.05) is 6.07 Å². The fourth-order valence-electron chi connectivity index (χ4n) is 3.57. The summed E-state index contributed by atoms with van der Waals surface area (Å²) < 4.78 is 0. The summed E-state index contributed by atoms with van der Waals surface area (Å²) in [7, 11) is 0. The molecular formula is C18H28ClIN4. The molecule has 0 aliphatic carbocycles. The minimum absolute atomic E-state index is 0. The fourth-order valence-corrected chi connectivity index (χ4v) is 3.74. The largest absolute Gasteiger partial charge is 0.371 e. The molecule has 1 atom stereocenters. The van der Waals surface area contributed by atoms with E-state index in [4.69, 9.17) is 17.3 Å². The quantitative estimate of drug-likeness (QED) is 0.421. The van der Waals surface area contributed by atoms with Crippen molar-refractivity contribution in [1.82, 2.24) is 4.90 Å². The molecular weight excluding hydrogens is 435 g/mol. The second-order valence-electron chi connectivity index (χ2n) is 6.78. The average Bonchev–Trinajstić information content (AvgIpc) is 3.04. The van der Waals surface area contributed by atoms with E-state index in [0.717, 1.165) is 43.7 Å². The average molecular weight is 463 g/mol. The van der Waals surface area contributed by atoms with Gasteiger partial charge in [-0.05, 0) is 56.2 Å². The molecule has 0 saturated carbocycles. The van der Waals surface area contributed by atoms with Crippen LogP contribution in [0.5, 0.6) is 0 Å². The zero-order valence-electron chi connectivity index (χ0n) is 14.4. The van der Waals surface area contributed by atoms with Crippen LogP contribution in [0.4, 0.5) is 5.69 Å². The van der Waals surface area contributed by atoms with E-state index in [0.29, 0.717) is 5.92 Å². The number of piperidine rings is 1. The molecule has 1 aromatic rings. The highest BCUT2D eigenvalue weighted by atomic mass is 127. The summed E-state index contributed by atoms with van der Waals surface area (Å²) >= 11 is 6.15. The number of aryl methyl sites for hydroxylation is 1. The van der Waals surface area contributed by atoms with Crippen molar-refractivity contribution < 1.29 is 0 Å². The highest BCUT2D eigenvalue weighted by molar-refractivity contribution is 14.0. The van der Waals surface area contributed by atoms with Crippen molar-refractivity contribution in [3.05, 3.63) is 28.8 Å². The predicted molar refractivity (Wildman–Crippen MR) is 114 cm³/mol. The number of guanidine groups is 1. The van der Waals surface area contributed by atoms with Gasteiger partial charge in [0.05, 0.1) is 0 Å². The van der Waals surface area contributed by atoms with Gasteiger partial charge in [-0.15, -0.1) is 24.0 Å². The van der Waals surface area contributed by atoms with E-state index in [9.17, 15) is 0 Å². The first-order chi connectivity index (χ1) is 11.1. The van der Waals surface area contributed by atoms with Gasteiger partial charge in [-0.25, -0.2) is 0 Å². The van der Waals surface area contributed by atoms with Gasteiger partial charge in [-0.3, -0.25) is 4.99 Å². The molecule has 0 bridgehead atoms. The van der Waals surface area contributed by atoms with Crippen molar-refractivity contribution in [3.8, 4) is 0 Å². The molecule has 134 valence electrons. The van der Waals surface area contributed by atoms with Gasteiger partial charge in [0.25, 0.3) is 0 Å². The summed E-state index contributed by atoms with van der Waals surface area (Å²) in [5, 5.41) is 0.807. The van der Waals surface area contributed by atoms with Crippen LogP contribution < -0.4 is 10.6 Å². The molecule has 2 N–H and O–H groups in total. The zero-order chi connectivity index (χ0) is 16.2. The van der Waals surface area contributed by atoms with Gasteiger partial charge < -0.3 is 15.5 Å². The molecule has 2 fully saturated rings. The number of likely N-dealkylation sites (tertiary alicyclic amines) is 1. The predicted octanol–water partition coefficient (Wildman–Crippen LogP) is 3.89. The molecule has 6 heteroatoms. The molecule has 2 heterocycles. The Labute approximate surface area is 167 Å². The Balaban J connectivity index is 0.00000208. The van der Waals surface area contributed by atoms with Gasteiger partial charge in [0.1, 0.15) is 0 Å². The highest BCUT2D eigenvalue weighted by Gasteiger charge is 2.24. The highest BCUT2D eigenvalue weighted by Crippen LogP contribution is 2.29. The van der Waals surface area contributed by atoms with E-state index >= 15 is 0 Å². The Morgan fingerprint density at radius 3 is 2.75 bits per heavy atom. The summed E-state index contributed by atoms with van der Waals surface area (Å²) in [6.45, 7) is 7.22. The molecule has 0 spiro atoms. The molecule has 0 radical (unpaired) electrons. The van der Waals surface area contributed by atoms with Crippen molar-refractivity contribution in [2.24, 2.45) is 16.6 Å². The number of anilines is 1. The van der Waals surface area contributed by atoms with E-state index in [1.54, 1.807) is 0 Å². The van der Waals surface area contributed by atoms with Gasteiger partial charge in [0.2, 0.25) is 0 Å². The smallest absolute Gasteiger partial charge is 0.191 e. The van der Waals surface area contributed by atoms with Crippen molar-refractivity contribution in [2.45, 2.75) is 32.6 Å². The normalized spacial score (nSPS) is 21.8. The molecule has 0 aromatic heterocycles. The first-order valence-corrected chi connectivity index (χ1v) is 9.07. The maximum absolute atomic E-state index is 6.16. The van der Waals surface area contributed by atoms with Crippen molar-refractivity contribution in [3.63, 3.8) is 0 Å². The Hall–Kier alpha value is -0.690. The second-order valence-corrected chi connectivity index (χ2v) is 7.21. The lowest BCUT2D eigenvalue weighted by molar-refractivity contribution is 0.337. The van der Waals surface area contributed by atoms with Crippen LogP contribution in [0.15, 0.2) is 23.2 Å². The standard InChI is InChI=1S/C18H27ClN4.HI/c1-14-5-6-16(19)11-17(14)23-10-7-15(13-23)12-21-18(20)22-8-3-2-4-9-22;/h5-6,11,15H,2-4,7-10,12-13H2,1H3,(H2,20,21);1H. The van der Waals surface area contributed by atoms with E-state index in [2.05, 4.69) is 33.8 Å². The third kappa shape index (κ3) is 4.91. The number of benzene rings is 1. The fraction of sp³-hybridized carbons (Fsp3) is 0.611. The summed E-state index contributed by atoms with van der Waals surface area (Å²) in [5.41, 5.74) is 8.70. The maximum atomic E-state index is 6.16. The van der Waals surface area contributed by atoms with Crippen LogP contribution in [0.25, 0.3) is 0 Å². The minimum Gasteiger partial charge on any atom is -0.371 e. The molecule has 24 heavy (non-hydrogen) atoms. The summed E-state index contributed by atoms with van der Waals surface area (Å²) in [4.78, 5) is 9.33. The summed E-state index contributed by atoms with van der Waals surface area (Å²) in [6, 6.07) is 6.12. The zero-order valence-corrected chi connectivity index (χ0v) is 17.5. The third-order valence-corrected chi connectivity index (χ3v) is 5.22. The summed E-state index contributed by atoms with van der Waals surface area (Å²) in [5.74, 6) is 1.32. The molecule has 3 rings (SSSR count). The first kappa shape index (κ1) is 19.6. The third-order valence-electron chi connectivity index (χ3n) is 4.99. The van der Waals surface area contributed by atoms with Gasteiger partial charge in [0.15, 0.2) is 5.96 Å². The van der Waals surface area contributed by atoms with Crippen molar-refractivity contribution >= 4 is 47.2 Å². The van der Waals surface area contributed by atoms with Gasteiger partial charge in [-0.2, -0.15) is 0 Å². The monoisotopic (exact) mass is 462 g/mol. The maximum Gasteiger partial charge on any atom is 0.191 e. The molecule has 4 nitrogen and oxygen atoms in total. The summed E-state index contributed by atoms with van der Waals surface area (Å²) in [6.07, 6.45) is 4.96. The SMILES string of the molecule is Cc1ccc(Cl)cc1N1CCC(CN=C(N)N2CCCCC2)C1.I. The Kier molecular flexibility index (Phi) is 7.47. The van der Waals surface area contributed by atoms with Crippen LogP contribution in [-0.2, 0) is 0 Å². The van der Waals surface area contributed by atoms with Crippen LogP contribution in [0.1, 0.15) is 31.2 Å². The minimum atomic E-state index is 0. The van der Waals surface area contributed by atoms with Crippen LogP contribution >= 0.6 is 35.6 Å². The number of aliphatic imine (C=N–C) groups is 1. The molecule has 1 aromatic carbocycles. The molecule has 0 amide bonds. The number of nitrogens with zero attached hydrogens (tertiary/aromatic N) is 3. The van der Waals surface area contributed by atoms with Crippen LogP contribution in [0, 0.1) is 12.8 Å². The van der Waals surface area contributed by atoms with Crippen molar-refractivity contribution in [2.75, 3.05) is 37.6 Å². The molecule has 2 aliphatic rings. The van der Waals surface area contributed by atoms with Crippen LogP contribution in [-0.4, -0.2) is 43.6 Å². The van der Waals surface area contributed by atoms with E-state index in [-0.39, 0.29) is 24.0 Å². The lowest BCUT2D eigenvalue weighted by Gasteiger charge is -2.27.